The van der Waals surface area contributed by atoms with Gasteiger partial charge in [-0.1, -0.05) is 18.2 Å². The van der Waals surface area contributed by atoms with Crippen molar-refractivity contribution in [3.8, 4) is 11.6 Å². The van der Waals surface area contributed by atoms with Crippen molar-refractivity contribution in [2.45, 2.75) is 25.4 Å². The Kier molecular flexibility index (Phi) is 5.28. The highest BCUT2D eigenvalue weighted by Gasteiger charge is 2.31. The van der Waals surface area contributed by atoms with E-state index < -0.39 is 0 Å². The van der Waals surface area contributed by atoms with Crippen molar-refractivity contribution in [3.63, 3.8) is 0 Å². The van der Waals surface area contributed by atoms with Crippen LogP contribution in [0.4, 0.5) is 0 Å². The smallest absolute Gasteiger partial charge is 0.346 e. The van der Waals surface area contributed by atoms with Crippen LogP contribution in [0.5, 0.6) is 0 Å². The molecule has 0 spiro atoms. The van der Waals surface area contributed by atoms with E-state index in [1.807, 2.05) is 6.07 Å². The zero-order valence-corrected chi connectivity index (χ0v) is 15.7. The van der Waals surface area contributed by atoms with Crippen molar-refractivity contribution in [1.29, 1.82) is 0 Å². The van der Waals surface area contributed by atoms with Gasteiger partial charge in [-0.2, -0.15) is 0 Å². The fraction of sp³-hybridized carbons (Fsp3) is 0.300. The average molecular weight is 395 g/mol. The molecule has 150 valence electrons. The molecular formula is C20H21N5O4. The molecule has 0 unspecified atom stereocenters. The Hall–Kier alpha value is -3.62. The van der Waals surface area contributed by atoms with Gasteiger partial charge in [0.05, 0.1) is 19.4 Å². The van der Waals surface area contributed by atoms with Crippen LogP contribution in [0.3, 0.4) is 0 Å². The monoisotopic (exact) mass is 395 g/mol. The Morgan fingerprint density at radius 2 is 1.90 bits per heavy atom. The first-order chi connectivity index (χ1) is 14.1. The molecule has 0 bridgehead atoms. The minimum atomic E-state index is -0.338. The Balaban J connectivity index is 1.32. The first kappa shape index (κ1) is 18.7. The molecule has 9 heteroatoms. The molecule has 1 aromatic carbocycles. The third-order valence-electron chi connectivity index (χ3n) is 4.62. The molecule has 1 saturated carbocycles. The number of nitrogens with zero attached hydrogens (tertiary/aromatic N) is 3. The molecule has 2 N–H and O–H groups in total. The number of furan rings is 1. The SMILES string of the molecule is O=C(CNC(=O)c1ccccc1)NCCn1nc(-c2ccco2)n(C2CC2)c1=O. The van der Waals surface area contributed by atoms with E-state index in [9.17, 15) is 14.4 Å². The fourth-order valence-corrected chi connectivity index (χ4v) is 3.02. The van der Waals surface area contributed by atoms with E-state index in [1.165, 1.54) is 4.68 Å². The van der Waals surface area contributed by atoms with E-state index >= 15 is 0 Å². The standard InChI is InChI=1S/C20H21N5O4/c26-17(13-22-19(27)14-5-2-1-3-6-14)21-10-11-24-20(28)25(15-8-9-15)18(23-24)16-7-4-12-29-16/h1-7,12,15H,8-11,13H2,(H,21,26)(H,22,27). The Labute approximate surface area is 166 Å². The molecule has 0 aliphatic heterocycles. The second-order valence-electron chi connectivity index (χ2n) is 6.81. The van der Waals surface area contributed by atoms with Crippen LogP contribution in [0.1, 0.15) is 29.2 Å². The van der Waals surface area contributed by atoms with Crippen molar-refractivity contribution < 1.29 is 14.0 Å². The maximum atomic E-state index is 12.7. The number of hydrogen-bond donors (Lipinski definition) is 2. The van der Waals surface area contributed by atoms with Crippen molar-refractivity contribution in [2.75, 3.05) is 13.1 Å². The van der Waals surface area contributed by atoms with Gasteiger partial charge in [-0.15, -0.1) is 5.10 Å². The number of carbonyl (C=O) groups is 2. The van der Waals surface area contributed by atoms with Gasteiger partial charge in [-0.25, -0.2) is 9.48 Å². The number of carbonyl (C=O) groups excluding carboxylic acids is 2. The zero-order chi connectivity index (χ0) is 20.2. The Morgan fingerprint density at radius 3 is 2.59 bits per heavy atom. The van der Waals surface area contributed by atoms with Crippen molar-refractivity contribution in [1.82, 2.24) is 25.0 Å². The predicted octanol–water partition coefficient (Wildman–Crippen LogP) is 1.19. The van der Waals surface area contributed by atoms with Gasteiger partial charge in [-0.05, 0) is 37.1 Å². The summed E-state index contributed by atoms with van der Waals surface area (Å²) in [5.74, 6) is 0.391. The number of benzene rings is 1. The first-order valence-corrected chi connectivity index (χ1v) is 9.46. The lowest BCUT2D eigenvalue weighted by Crippen LogP contribution is -2.39. The molecule has 1 fully saturated rings. The number of nitrogens with one attached hydrogen (secondary N) is 2. The molecule has 3 aromatic rings. The van der Waals surface area contributed by atoms with Gasteiger partial charge in [0, 0.05) is 18.2 Å². The minimum absolute atomic E-state index is 0.142. The largest absolute Gasteiger partial charge is 0.461 e. The van der Waals surface area contributed by atoms with E-state index in [0.717, 1.165) is 12.8 Å². The van der Waals surface area contributed by atoms with Crippen LogP contribution in [-0.4, -0.2) is 39.3 Å². The third-order valence-corrected chi connectivity index (χ3v) is 4.62. The third kappa shape index (κ3) is 4.29. The van der Waals surface area contributed by atoms with Crippen LogP contribution in [0.15, 0.2) is 57.9 Å². The van der Waals surface area contributed by atoms with Gasteiger partial charge < -0.3 is 15.1 Å². The molecule has 2 amide bonds. The van der Waals surface area contributed by atoms with Crippen molar-refractivity contribution >= 4 is 11.8 Å². The summed E-state index contributed by atoms with van der Waals surface area (Å²) in [6, 6.07) is 12.3. The van der Waals surface area contributed by atoms with E-state index in [2.05, 4.69) is 15.7 Å². The molecular weight excluding hydrogens is 374 g/mol. The van der Waals surface area contributed by atoms with Gasteiger partial charge in [0.25, 0.3) is 5.91 Å². The van der Waals surface area contributed by atoms with Crippen LogP contribution in [0.2, 0.25) is 0 Å². The summed E-state index contributed by atoms with van der Waals surface area (Å²) in [6.07, 6.45) is 3.42. The maximum Gasteiger partial charge on any atom is 0.346 e. The minimum Gasteiger partial charge on any atom is -0.461 e. The van der Waals surface area contributed by atoms with E-state index in [0.29, 0.717) is 17.1 Å². The lowest BCUT2D eigenvalue weighted by atomic mass is 10.2. The van der Waals surface area contributed by atoms with Gasteiger partial charge >= 0.3 is 5.69 Å². The normalized spacial score (nSPS) is 13.2. The highest BCUT2D eigenvalue weighted by atomic mass is 16.3. The summed E-state index contributed by atoms with van der Waals surface area (Å²) in [5.41, 5.74) is 0.272. The number of aromatic nitrogens is 3. The van der Waals surface area contributed by atoms with Crippen LogP contribution in [0, 0.1) is 0 Å². The zero-order valence-electron chi connectivity index (χ0n) is 15.7. The van der Waals surface area contributed by atoms with Crippen LogP contribution in [0.25, 0.3) is 11.6 Å². The molecule has 0 saturated heterocycles. The summed E-state index contributed by atoms with van der Waals surface area (Å²) in [4.78, 5) is 36.6. The summed E-state index contributed by atoms with van der Waals surface area (Å²) < 4.78 is 8.38. The molecule has 1 aliphatic rings. The maximum absolute atomic E-state index is 12.7. The van der Waals surface area contributed by atoms with Gasteiger partial charge in [0.1, 0.15) is 0 Å². The number of rotatable bonds is 8. The van der Waals surface area contributed by atoms with Crippen LogP contribution in [-0.2, 0) is 11.3 Å². The molecule has 4 rings (SSSR count). The lowest BCUT2D eigenvalue weighted by molar-refractivity contribution is -0.120. The number of amides is 2. The molecule has 2 heterocycles. The summed E-state index contributed by atoms with van der Waals surface area (Å²) >= 11 is 0. The number of hydrogen-bond acceptors (Lipinski definition) is 5. The van der Waals surface area contributed by atoms with Gasteiger partial charge in [0.15, 0.2) is 5.76 Å². The Bertz CT molecular complexity index is 1050. The first-order valence-electron chi connectivity index (χ1n) is 9.46. The highest BCUT2D eigenvalue weighted by Crippen LogP contribution is 2.36. The average Bonchev–Trinajstić information content (AvgIpc) is 3.31. The van der Waals surface area contributed by atoms with Crippen molar-refractivity contribution in [3.05, 3.63) is 64.8 Å². The van der Waals surface area contributed by atoms with Gasteiger partial charge in [-0.3, -0.25) is 14.2 Å². The molecule has 0 atom stereocenters. The quantitative estimate of drug-likeness (QED) is 0.595. The second kappa shape index (κ2) is 8.17. The topological polar surface area (TPSA) is 111 Å². The lowest BCUT2D eigenvalue weighted by Gasteiger charge is -2.06. The van der Waals surface area contributed by atoms with Crippen LogP contribution >= 0.6 is 0 Å². The summed E-state index contributed by atoms with van der Waals surface area (Å²) in [7, 11) is 0. The fourth-order valence-electron chi connectivity index (χ4n) is 3.02. The summed E-state index contributed by atoms with van der Waals surface area (Å²) in [6.45, 7) is 0.306. The highest BCUT2D eigenvalue weighted by molar-refractivity contribution is 5.96. The van der Waals surface area contributed by atoms with Crippen molar-refractivity contribution in [2.24, 2.45) is 0 Å². The van der Waals surface area contributed by atoms with Crippen LogP contribution < -0.4 is 16.3 Å². The predicted molar refractivity (Wildman–Crippen MR) is 104 cm³/mol. The molecule has 29 heavy (non-hydrogen) atoms. The van der Waals surface area contributed by atoms with E-state index in [4.69, 9.17) is 4.42 Å². The van der Waals surface area contributed by atoms with Gasteiger partial charge in [0.2, 0.25) is 11.7 Å². The molecule has 2 aromatic heterocycles. The molecule has 0 radical (unpaired) electrons. The van der Waals surface area contributed by atoms with E-state index in [-0.39, 0.29) is 43.2 Å². The second-order valence-corrected chi connectivity index (χ2v) is 6.81. The molecule has 9 nitrogen and oxygen atoms in total. The molecule has 1 aliphatic carbocycles. The van der Waals surface area contributed by atoms with E-state index in [1.54, 1.807) is 47.2 Å². The summed E-state index contributed by atoms with van der Waals surface area (Å²) in [5, 5.41) is 9.63. The Morgan fingerprint density at radius 1 is 1.10 bits per heavy atom.